The molecule has 2 aliphatic rings. The largest absolute Gasteiger partial charge is 0.393 e. The van der Waals surface area contributed by atoms with Crippen LogP contribution in [0.25, 0.3) is 0 Å². The molecule has 3 N–H and O–H groups in total. The Morgan fingerprint density at radius 3 is 2.55 bits per heavy atom. The minimum Gasteiger partial charge on any atom is -0.393 e. The summed E-state index contributed by atoms with van der Waals surface area (Å²) in [6, 6.07) is 5.37. The number of anilines is 1. The maximum atomic E-state index is 14.7. The van der Waals surface area contributed by atoms with Gasteiger partial charge in [-0.25, -0.2) is 9.38 Å². The van der Waals surface area contributed by atoms with Crippen LogP contribution in [0.3, 0.4) is 0 Å². The number of hydrogen-bond donors (Lipinski definition) is 3. The van der Waals surface area contributed by atoms with Crippen LogP contribution in [0.2, 0.25) is 0 Å². The maximum Gasteiger partial charge on any atom is 0.191 e. The number of aliphatic hydroxyl groups is 1. The molecule has 1 aromatic carbocycles. The first kappa shape index (κ1) is 28.1. The average Bonchev–Trinajstić information content (AvgIpc) is 3.32. The Morgan fingerprint density at radius 1 is 1.18 bits per heavy atom. The van der Waals surface area contributed by atoms with Crippen LogP contribution < -0.4 is 15.5 Å². The van der Waals surface area contributed by atoms with Gasteiger partial charge in [0.25, 0.3) is 0 Å². The van der Waals surface area contributed by atoms with Gasteiger partial charge in [-0.3, -0.25) is 0 Å². The molecule has 2 fully saturated rings. The molecule has 1 unspecified atom stereocenters. The van der Waals surface area contributed by atoms with Crippen LogP contribution in [0.1, 0.15) is 64.4 Å². The Balaban J connectivity index is 0.00000385. The van der Waals surface area contributed by atoms with Gasteiger partial charge in [-0.15, -0.1) is 24.0 Å². The Hall–Kier alpha value is -1.13. The van der Waals surface area contributed by atoms with Crippen molar-refractivity contribution in [2.45, 2.75) is 77.5 Å². The smallest absolute Gasteiger partial charge is 0.191 e. The molecule has 1 heterocycles. The molecule has 1 saturated carbocycles. The van der Waals surface area contributed by atoms with E-state index in [0.717, 1.165) is 37.6 Å². The van der Waals surface area contributed by atoms with Crippen LogP contribution in [-0.2, 0) is 11.3 Å². The Bertz CT molecular complexity index is 722. The third-order valence-corrected chi connectivity index (χ3v) is 6.61. The van der Waals surface area contributed by atoms with E-state index in [1.807, 2.05) is 24.0 Å². The first-order chi connectivity index (χ1) is 15.6. The van der Waals surface area contributed by atoms with Crippen molar-refractivity contribution >= 4 is 35.6 Å². The van der Waals surface area contributed by atoms with E-state index in [4.69, 9.17) is 4.74 Å². The second kappa shape index (κ2) is 15.0. The lowest BCUT2D eigenvalue weighted by Crippen LogP contribution is -2.39. The van der Waals surface area contributed by atoms with Crippen LogP contribution in [0, 0.1) is 11.7 Å². The summed E-state index contributed by atoms with van der Waals surface area (Å²) >= 11 is 0. The first-order valence-corrected chi connectivity index (χ1v) is 12.5. The second-order valence-corrected chi connectivity index (χ2v) is 8.95. The third kappa shape index (κ3) is 8.87. The number of benzene rings is 1. The minimum atomic E-state index is -0.262. The van der Waals surface area contributed by atoms with Crippen LogP contribution in [0.15, 0.2) is 23.2 Å². The summed E-state index contributed by atoms with van der Waals surface area (Å²) in [6.07, 6.45) is 7.59. The zero-order valence-corrected chi connectivity index (χ0v) is 22.5. The highest BCUT2D eigenvalue weighted by molar-refractivity contribution is 14.0. The molecular weight excluding hydrogens is 534 g/mol. The van der Waals surface area contributed by atoms with Crippen molar-refractivity contribution in [2.24, 2.45) is 10.9 Å². The van der Waals surface area contributed by atoms with Gasteiger partial charge in [0.1, 0.15) is 5.82 Å². The van der Waals surface area contributed by atoms with Gasteiger partial charge < -0.3 is 25.4 Å². The highest BCUT2D eigenvalue weighted by Gasteiger charge is 2.25. The fraction of sp³-hybridized carbons (Fsp3) is 0.720. The highest BCUT2D eigenvalue weighted by atomic mass is 127. The molecule has 0 bridgehead atoms. The predicted octanol–water partition coefficient (Wildman–Crippen LogP) is 4.45. The summed E-state index contributed by atoms with van der Waals surface area (Å²) in [5.74, 6) is 1.22. The zero-order chi connectivity index (χ0) is 22.8. The van der Waals surface area contributed by atoms with Gasteiger partial charge >= 0.3 is 0 Å². The summed E-state index contributed by atoms with van der Waals surface area (Å²) < 4.78 is 20.7. The number of nitrogens with one attached hydrogen (secondary N) is 2. The number of ether oxygens (including phenoxy) is 1. The molecule has 33 heavy (non-hydrogen) atoms. The lowest BCUT2D eigenvalue weighted by molar-refractivity contribution is 0.0169. The van der Waals surface area contributed by atoms with E-state index < -0.39 is 0 Å². The number of rotatable bonds is 10. The topological polar surface area (TPSA) is 69.1 Å². The van der Waals surface area contributed by atoms with Crippen LogP contribution >= 0.6 is 24.0 Å². The fourth-order valence-electron chi connectivity index (χ4n) is 4.86. The first-order valence-electron chi connectivity index (χ1n) is 12.5. The molecule has 0 radical (unpaired) electrons. The number of aliphatic imine (C=N–C) groups is 1. The van der Waals surface area contributed by atoms with Gasteiger partial charge in [-0.05, 0) is 69.6 Å². The van der Waals surface area contributed by atoms with Crippen molar-refractivity contribution in [3.05, 3.63) is 29.6 Å². The minimum absolute atomic E-state index is 0. The Kier molecular flexibility index (Phi) is 12.8. The van der Waals surface area contributed by atoms with Crippen molar-refractivity contribution in [3.8, 4) is 0 Å². The molecular formula is C25H42FIN4O2. The normalized spacial score (nSPS) is 18.8. The molecule has 188 valence electrons. The lowest BCUT2D eigenvalue weighted by Gasteiger charge is -2.31. The van der Waals surface area contributed by atoms with E-state index >= 15 is 0 Å². The highest BCUT2D eigenvalue weighted by Crippen LogP contribution is 2.30. The summed E-state index contributed by atoms with van der Waals surface area (Å²) in [7, 11) is 0. The molecule has 1 aliphatic heterocycles. The van der Waals surface area contributed by atoms with Gasteiger partial charge in [0, 0.05) is 32.8 Å². The zero-order valence-electron chi connectivity index (χ0n) is 20.2. The molecule has 3 rings (SSSR count). The van der Waals surface area contributed by atoms with E-state index in [-0.39, 0.29) is 35.9 Å². The molecule has 8 heteroatoms. The SMILES string of the molecule is CCNC(=NCc1ccc(N2CCC(O)CC2)c(F)c1)NCCC(OCC)C1CCCC1.I. The molecule has 0 spiro atoms. The van der Waals surface area contributed by atoms with Crippen LogP contribution in [-0.4, -0.2) is 56.1 Å². The van der Waals surface area contributed by atoms with Crippen molar-refractivity contribution < 1.29 is 14.2 Å². The van der Waals surface area contributed by atoms with Gasteiger partial charge in [0.05, 0.1) is 24.4 Å². The molecule has 0 amide bonds. The summed E-state index contributed by atoms with van der Waals surface area (Å²) in [5.41, 5.74) is 1.46. The number of halogens is 2. The van der Waals surface area contributed by atoms with Crippen molar-refractivity contribution in [2.75, 3.05) is 37.7 Å². The van der Waals surface area contributed by atoms with Crippen molar-refractivity contribution in [1.82, 2.24) is 10.6 Å². The standard InChI is InChI=1S/C25H41FN4O2.HI/c1-3-27-25(28-14-11-24(32-4-2)20-7-5-6-8-20)29-18-19-9-10-23(22(26)17-19)30-15-12-21(31)13-16-30;/h9-10,17,20-21,24,31H,3-8,11-16,18H2,1-2H3,(H2,27,28,29);1H. The number of hydrogen-bond acceptors (Lipinski definition) is 4. The number of guanidine groups is 1. The van der Waals surface area contributed by atoms with Crippen molar-refractivity contribution in [1.29, 1.82) is 0 Å². The van der Waals surface area contributed by atoms with Crippen molar-refractivity contribution in [3.63, 3.8) is 0 Å². The molecule has 1 saturated heterocycles. The van der Waals surface area contributed by atoms with E-state index in [1.165, 1.54) is 25.7 Å². The van der Waals surface area contributed by atoms with E-state index in [1.54, 1.807) is 6.07 Å². The number of aliphatic hydroxyl groups excluding tert-OH is 1. The Labute approximate surface area is 215 Å². The maximum absolute atomic E-state index is 14.7. The summed E-state index contributed by atoms with van der Waals surface area (Å²) in [4.78, 5) is 6.67. The molecule has 6 nitrogen and oxygen atoms in total. The molecule has 1 aliphatic carbocycles. The Morgan fingerprint density at radius 2 is 1.91 bits per heavy atom. The average molecular weight is 577 g/mol. The quantitative estimate of drug-likeness (QED) is 0.218. The van der Waals surface area contributed by atoms with Crippen LogP contribution in [0.4, 0.5) is 10.1 Å². The van der Waals surface area contributed by atoms with Gasteiger partial charge in [0.2, 0.25) is 0 Å². The monoisotopic (exact) mass is 576 g/mol. The summed E-state index contributed by atoms with van der Waals surface area (Å²) in [5, 5.41) is 16.4. The van der Waals surface area contributed by atoms with Gasteiger partial charge in [-0.1, -0.05) is 18.9 Å². The van der Waals surface area contributed by atoms with E-state index in [2.05, 4.69) is 22.5 Å². The number of piperidine rings is 1. The van der Waals surface area contributed by atoms with Crippen LogP contribution in [0.5, 0.6) is 0 Å². The molecule has 1 aromatic rings. The number of nitrogens with zero attached hydrogens (tertiary/aromatic N) is 2. The third-order valence-electron chi connectivity index (χ3n) is 6.61. The van der Waals surface area contributed by atoms with E-state index in [0.29, 0.717) is 50.2 Å². The fourth-order valence-corrected chi connectivity index (χ4v) is 4.86. The van der Waals surface area contributed by atoms with Gasteiger partial charge in [-0.2, -0.15) is 0 Å². The summed E-state index contributed by atoms with van der Waals surface area (Å²) in [6.45, 7) is 8.25. The second-order valence-electron chi connectivity index (χ2n) is 8.95. The predicted molar refractivity (Wildman–Crippen MR) is 144 cm³/mol. The van der Waals surface area contributed by atoms with E-state index in [9.17, 15) is 9.50 Å². The molecule has 0 aromatic heterocycles. The lowest BCUT2D eigenvalue weighted by atomic mass is 9.98. The van der Waals surface area contributed by atoms with Gasteiger partial charge in [0.15, 0.2) is 5.96 Å². The molecule has 1 atom stereocenters.